The van der Waals surface area contributed by atoms with Crippen LogP contribution in [-0.2, 0) is 20.4 Å². The minimum Gasteiger partial charge on any atom is -0.353 e. The summed E-state index contributed by atoms with van der Waals surface area (Å²) in [6.45, 7) is 6.11. The Morgan fingerprint density at radius 2 is 1.53 bits per heavy atom. The van der Waals surface area contributed by atoms with Gasteiger partial charge in [-0.2, -0.15) is 0 Å². The molecule has 5 unspecified atom stereocenters. The molecule has 2 aromatic carbocycles. The highest BCUT2D eigenvalue weighted by Crippen LogP contribution is 2.76. The molecule has 4 N–H and O–H groups in total. The third-order valence-corrected chi connectivity index (χ3v) is 17.9. The summed E-state index contributed by atoms with van der Waals surface area (Å²) < 4.78 is 30.2. The number of nitrogens with one attached hydrogen (secondary N) is 4. The molecule has 57 heavy (non-hydrogen) atoms. The second-order valence-corrected chi connectivity index (χ2v) is 21.6. The predicted molar refractivity (Wildman–Crippen MR) is 220 cm³/mol. The number of alkyl halides is 2. The van der Waals surface area contributed by atoms with Crippen LogP contribution in [0.25, 0.3) is 0 Å². The van der Waals surface area contributed by atoms with Gasteiger partial charge >= 0.3 is 0 Å². The van der Waals surface area contributed by atoms with Gasteiger partial charge in [0.05, 0.1) is 23.5 Å². The largest absolute Gasteiger partial charge is 0.353 e. The average Bonchev–Trinajstić information content (AvgIpc) is 3.18. The summed E-state index contributed by atoms with van der Waals surface area (Å²) in [5.41, 5.74) is 2.65. The zero-order chi connectivity index (χ0) is 39.3. The number of hydrogen-bond acceptors (Lipinski definition) is 4. The maximum atomic E-state index is 15.1. The first-order valence-electron chi connectivity index (χ1n) is 22.9. The van der Waals surface area contributed by atoms with E-state index in [2.05, 4.69) is 89.7 Å². The Hall–Kier alpha value is -2.84. The highest BCUT2D eigenvalue weighted by molar-refractivity contribution is 5.85. The van der Waals surface area contributed by atoms with Crippen molar-refractivity contribution in [1.29, 1.82) is 0 Å². The molecule has 2 heterocycles. The van der Waals surface area contributed by atoms with E-state index < -0.39 is 24.3 Å². The molecular weight excluding hydrogens is 715 g/mol. The van der Waals surface area contributed by atoms with Gasteiger partial charge in [-0.15, -0.1) is 0 Å². The van der Waals surface area contributed by atoms with Gasteiger partial charge in [0.15, 0.2) is 0 Å². The Labute approximate surface area is 339 Å². The Morgan fingerprint density at radius 3 is 2.26 bits per heavy atom. The van der Waals surface area contributed by atoms with Crippen LogP contribution >= 0.6 is 0 Å². The van der Waals surface area contributed by atoms with E-state index in [1.807, 2.05) is 0 Å². The van der Waals surface area contributed by atoms with E-state index in [1.54, 1.807) is 0 Å². The molecule has 308 valence electrons. The van der Waals surface area contributed by atoms with Crippen LogP contribution in [0.3, 0.4) is 0 Å². The van der Waals surface area contributed by atoms with Crippen LogP contribution in [0, 0.1) is 33.5 Å². The van der Waals surface area contributed by atoms with Gasteiger partial charge in [0.25, 0.3) is 0 Å². The molecule has 8 saturated carbocycles. The molecule has 0 aromatic heterocycles. The first-order valence-corrected chi connectivity index (χ1v) is 22.9. The fraction of sp³-hybridized carbons (Fsp3) is 0.714. The molecule has 8 bridgehead atoms. The highest BCUT2D eigenvalue weighted by Gasteiger charge is 2.70. The summed E-state index contributed by atoms with van der Waals surface area (Å²) in [5, 5.41) is 13.5. The molecule has 12 rings (SSSR count). The van der Waals surface area contributed by atoms with Crippen molar-refractivity contribution in [3.8, 4) is 0 Å². The lowest BCUT2D eigenvalue weighted by Crippen LogP contribution is -2.66. The Kier molecular flexibility index (Phi) is 9.33. The number of amides is 2. The third kappa shape index (κ3) is 6.17. The van der Waals surface area contributed by atoms with E-state index in [9.17, 15) is 9.59 Å². The van der Waals surface area contributed by atoms with Crippen LogP contribution in [0.15, 0.2) is 54.6 Å². The molecule has 10 aliphatic rings. The molecule has 8 aliphatic carbocycles. The van der Waals surface area contributed by atoms with Gasteiger partial charge < -0.3 is 21.3 Å². The number of carbonyl (C=O) groups is 2. The predicted octanol–water partition coefficient (Wildman–Crippen LogP) is 8.34. The van der Waals surface area contributed by atoms with Gasteiger partial charge in [0, 0.05) is 18.6 Å². The van der Waals surface area contributed by atoms with Crippen LogP contribution in [0.5, 0.6) is 0 Å². The number of rotatable bonds is 10. The lowest BCUT2D eigenvalue weighted by atomic mass is 9.34. The molecule has 0 radical (unpaired) electrons. The van der Waals surface area contributed by atoms with Crippen LogP contribution in [-0.4, -0.2) is 62.4 Å². The number of carbonyl (C=O) groups excluding carboxylic acids is 2. The summed E-state index contributed by atoms with van der Waals surface area (Å²) in [4.78, 5) is 29.2. The maximum Gasteiger partial charge on any atom is 0.226 e. The van der Waals surface area contributed by atoms with E-state index in [0.717, 1.165) is 77.2 Å². The van der Waals surface area contributed by atoms with Gasteiger partial charge in [0.1, 0.15) is 6.17 Å². The molecule has 8 heteroatoms. The lowest BCUT2D eigenvalue weighted by molar-refractivity contribution is -0.172. The topological polar surface area (TPSA) is 82.3 Å². The van der Waals surface area contributed by atoms with E-state index in [0.29, 0.717) is 43.7 Å². The van der Waals surface area contributed by atoms with Crippen molar-refractivity contribution in [2.24, 2.45) is 33.5 Å². The van der Waals surface area contributed by atoms with Crippen molar-refractivity contribution < 1.29 is 18.4 Å². The number of halogens is 2. The SMILES string of the molecule is CC[C@]12CC3CC(C(=O)N[C@H]4CCN[C@H](C)C4)(C1)C[C@@](c1ccc(C4C5CC6(C(=O)N[C@@H]7CCNC[C@H]7F)C[C@@](c7ccccc7)(C5)C[C@]4(CCF)C6)cc1)(C3)C2. The fourth-order valence-electron chi connectivity index (χ4n) is 16.6. The van der Waals surface area contributed by atoms with Crippen molar-refractivity contribution in [1.82, 2.24) is 21.3 Å². The second-order valence-electron chi connectivity index (χ2n) is 21.6. The first kappa shape index (κ1) is 38.4. The third-order valence-electron chi connectivity index (χ3n) is 17.9. The fourth-order valence-corrected chi connectivity index (χ4v) is 16.6. The first-order chi connectivity index (χ1) is 27.5. The quantitative estimate of drug-likeness (QED) is 0.196. The molecule has 2 aliphatic heterocycles. The summed E-state index contributed by atoms with van der Waals surface area (Å²) >= 11 is 0. The molecule has 2 aromatic rings. The minimum atomic E-state index is -1.10. The molecular formula is C49H66F2N4O2. The Morgan fingerprint density at radius 1 is 0.789 bits per heavy atom. The van der Waals surface area contributed by atoms with Crippen LogP contribution in [0.4, 0.5) is 8.78 Å². The van der Waals surface area contributed by atoms with Crippen molar-refractivity contribution in [2.45, 2.75) is 158 Å². The second kappa shape index (κ2) is 13.9. The zero-order valence-corrected chi connectivity index (χ0v) is 34.5. The van der Waals surface area contributed by atoms with E-state index in [4.69, 9.17) is 0 Å². The van der Waals surface area contributed by atoms with E-state index in [-0.39, 0.29) is 57.4 Å². The molecule has 0 spiro atoms. The van der Waals surface area contributed by atoms with Crippen molar-refractivity contribution in [2.75, 3.05) is 26.3 Å². The van der Waals surface area contributed by atoms with Gasteiger partial charge in [-0.05, 0) is 172 Å². The monoisotopic (exact) mass is 781 g/mol. The van der Waals surface area contributed by atoms with Crippen molar-refractivity contribution in [3.05, 3.63) is 71.3 Å². The smallest absolute Gasteiger partial charge is 0.226 e. The molecule has 10 fully saturated rings. The van der Waals surface area contributed by atoms with Crippen LogP contribution < -0.4 is 21.3 Å². The summed E-state index contributed by atoms with van der Waals surface area (Å²) in [7, 11) is 0. The van der Waals surface area contributed by atoms with Gasteiger partial charge in [-0.1, -0.05) is 67.9 Å². The zero-order valence-electron chi connectivity index (χ0n) is 34.5. The van der Waals surface area contributed by atoms with Crippen LogP contribution in [0.1, 0.15) is 139 Å². The Balaban J connectivity index is 0.972. The number of benzene rings is 2. The summed E-state index contributed by atoms with van der Waals surface area (Å²) in [6, 6.07) is 20.5. The Bertz CT molecular complexity index is 1860. The number of piperidine rings is 2. The van der Waals surface area contributed by atoms with Crippen molar-refractivity contribution >= 4 is 11.8 Å². The van der Waals surface area contributed by atoms with E-state index in [1.165, 1.54) is 29.5 Å². The van der Waals surface area contributed by atoms with Crippen LogP contribution in [0.2, 0.25) is 0 Å². The van der Waals surface area contributed by atoms with Gasteiger partial charge in [-0.25, -0.2) is 4.39 Å². The van der Waals surface area contributed by atoms with Gasteiger partial charge in [-0.3, -0.25) is 14.0 Å². The molecule has 6 nitrogen and oxygen atoms in total. The maximum absolute atomic E-state index is 15.1. The lowest BCUT2D eigenvalue weighted by Gasteiger charge is -2.69. The summed E-state index contributed by atoms with van der Waals surface area (Å²) in [6.07, 6.45) is 13.7. The highest BCUT2D eigenvalue weighted by atomic mass is 19.1. The number of hydrogen-bond donors (Lipinski definition) is 4. The molecule has 2 amide bonds. The van der Waals surface area contributed by atoms with Gasteiger partial charge in [0.2, 0.25) is 11.8 Å². The summed E-state index contributed by atoms with van der Waals surface area (Å²) in [5.74, 6) is 1.28. The standard InChI is InChI=1S/C49H66F2N4O2/c1-3-44-20-33-21-46(26-44,30-48(22-33,27-44)42(56)54-38-13-18-53-32(2)19-38)37-11-9-34(10-12-37)41-35-23-47(36-7-5-4-6-8-36)28-45(41,15-16-50)29-49(24-35,31-47)43(57)55-40-14-17-52-25-39(40)51/h4-12,32-33,35,38-41,52-53H,3,13-31H2,1-2H3,(H,54,56)(H,55,57)/t32-,33?,35?,38+,39-,40-,41?,44-,45-,46-,47-,48?,49?/m1/s1. The molecule has 2 saturated heterocycles. The molecule has 13 atom stereocenters. The normalized spacial score (nSPS) is 45.5. The van der Waals surface area contributed by atoms with E-state index >= 15 is 8.78 Å². The minimum absolute atomic E-state index is 0.00177. The average molecular weight is 781 g/mol. The van der Waals surface area contributed by atoms with Crippen molar-refractivity contribution in [3.63, 3.8) is 0 Å².